The van der Waals surface area contributed by atoms with Gasteiger partial charge in [-0.1, -0.05) is 42.1 Å². The molecule has 0 aromatic heterocycles. The van der Waals surface area contributed by atoms with Crippen LogP contribution in [0.1, 0.15) is 32.1 Å². The zero-order chi connectivity index (χ0) is 15.7. The highest BCUT2D eigenvalue weighted by atomic mass is 35.5. The molecule has 0 bridgehead atoms. The number of nitrogens with zero attached hydrogens (tertiary/aromatic N) is 1. The molecule has 1 aromatic rings. The molecule has 1 saturated heterocycles. The van der Waals surface area contributed by atoms with Gasteiger partial charge in [-0.25, -0.2) is 0 Å². The van der Waals surface area contributed by atoms with Gasteiger partial charge in [0.2, 0.25) is 11.8 Å². The maximum Gasteiger partial charge on any atom is 0.227 e. The molecule has 1 N–H and O–H groups in total. The van der Waals surface area contributed by atoms with Crippen LogP contribution in [-0.4, -0.2) is 24.4 Å². The van der Waals surface area contributed by atoms with Gasteiger partial charge in [0.1, 0.15) is 0 Å². The van der Waals surface area contributed by atoms with Gasteiger partial charge >= 0.3 is 0 Å². The number of rotatable bonds is 3. The summed E-state index contributed by atoms with van der Waals surface area (Å²) in [5.74, 6) is -0.431. The van der Waals surface area contributed by atoms with E-state index in [0.717, 1.165) is 12.8 Å². The van der Waals surface area contributed by atoms with Crippen LogP contribution >= 0.6 is 23.2 Å². The zero-order valence-corrected chi connectivity index (χ0v) is 13.7. The summed E-state index contributed by atoms with van der Waals surface area (Å²) >= 11 is 12.2. The first kappa shape index (κ1) is 15.6. The second-order valence-electron chi connectivity index (χ2n) is 5.97. The van der Waals surface area contributed by atoms with Crippen LogP contribution in [0.4, 0.5) is 5.69 Å². The van der Waals surface area contributed by atoms with Crippen molar-refractivity contribution in [3.63, 3.8) is 0 Å². The fourth-order valence-corrected chi connectivity index (χ4v) is 3.60. The number of hydrogen-bond acceptors (Lipinski definition) is 2. The van der Waals surface area contributed by atoms with E-state index in [4.69, 9.17) is 23.2 Å². The van der Waals surface area contributed by atoms with Gasteiger partial charge in [-0.15, -0.1) is 0 Å². The molecule has 1 aliphatic heterocycles. The first-order valence-corrected chi connectivity index (χ1v) is 8.36. The Bertz CT molecular complexity index is 600. The summed E-state index contributed by atoms with van der Waals surface area (Å²) < 4.78 is 0. The van der Waals surface area contributed by atoms with E-state index in [1.165, 1.54) is 12.8 Å². The highest BCUT2D eigenvalue weighted by Gasteiger charge is 2.36. The number of anilines is 1. The van der Waals surface area contributed by atoms with E-state index in [1.54, 1.807) is 23.1 Å². The first-order valence-electron chi connectivity index (χ1n) is 7.61. The Labute approximate surface area is 139 Å². The van der Waals surface area contributed by atoms with Crippen molar-refractivity contribution in [1.82, 2.24) is 5.32 Å². The van der Waals surface area contributed by atoms with Crippen LogP contribution in [-0.2, 0) is 9.59 Å². The predicted molar refractivity (Wildman–Crippen MR) is 87.3 cm³/mol. The molecule has 22 heavy (non-hydrogen) atoms. The molecular weight excluding hydrogens is 323 g/mol. The molecule has 2 amide bonds. The van der Waals surface area contributed by atoms with E-state index in [-0.39, 0.29) is 30.2 Å². The lowest BCUT2D eigenvalue weighted by atomic mass is 10.1. The third-order valence-corrected chi connectivity index (χ3v) is 5.23. The number of carbonyl (C=O) groups excluding carboxylic acids is 2. The van der Waals surface area contributed by atoms with Gasteiger partial charge in [0, 0.05) is 19.0 Å². The Balaban J connectivity index is 1.70. The molecule has 1 atom stereocenters. The Kier molecular flexibility index (Phi) is 4.59. The van der Waals surface area contributed by atoms with Gasteiger partial charge in [0.15, 0.2) is 0 Å². The summed E-state index contributed by atoms with van der Waals surface area (Å²) in [6, 6.07) is 5.45. The van der Waals surface area contributed by atoms with Crippen molar-refractivity contribution in [2.75, 3.05) is 11.4 Å². The van der Waals surface area contributed by atoms with Crippen LogP contribution in [0, 0.1) is 5.92 Å². The van der Waals surface area contributed by atoms with Crippen LogP contribution in [0.2, 0.25) is 10.0 Å². The topological polar surface area (TPSA) is 49.4 Å². The van der Waals surface area contributed by atoms with Crippen molar-refractivity contribution >= 4 is 40.7 Å². The van der Waals surface area contributed by atoms with E-state index < -0.39 is 0 Å². The Morgan fingerprint density at radius 2 is 1.95 bits per heavy atom. The van der Waals surface area contributed by atoms with Gasteiger partial charge in [-0.2, -0.15) is 0 Å². The smallest absolute Gasteiger partial charge is 0.227 e. The second-order valence-corrected chi connectivity index (χ2v) is 6.75. The second kappa shape index (κ2) is 6.47. The molecule has 0 unspecified atom stereocenters. The number of benzene rings is 1. The van der Waals surface area contributed by atoms with E-state index in [9.17, 15) is 9.59 Å². The standard InChI is InChI=1S/C16H18Cl2N2O2/c17-12-6-3-7-13(15(12)18)20-9-10(8-14(20)21)16(22)19-11-4-1-2-5-11/h3,6-7,10-11H,1-2,4-5,8-9H2,(H,19,22)/t10-/m1/s1. The van der Waals surface area contributed by atoms with E-state index >= 15 is 0 Å². The fraction of sp³-hybridized carbons (Fsp3) is 0.500. The molecule has 0 spiro atoms. The molecule has 6 heteroatoms. The highest BCUT2D eigenvalue weighted by molar-refractivity contribution is 6.44. The number of nitrogens with one attached hydrogen (secondary N) is 1. The summed E-state index contributed by atoms with van der Waals surface area (Å²) in [5.41, 5.74) is 0.579. The van der Waals surface area contributed by atoms with Gasteiger partial charge in [-0.3, -0.25) is 9.59 Å². The fourth-order valence-electron chi connectivity index (χ4n) is 3.21. The third kappa shape index (κ3) is 3.08. The summed E-state index contributed by atoms with van der Waals surface area (Å²) in [5, 5.41) is 3.83. The van der Waals surface area contributed by atoms with Crippen molar-refractivity contribution in [2.24, 2.45) is 5.92 Å². The molecule has 1 aromatic carbocycles. The summed E-state index contributed by atoms with van der Waals surface area (Å²) in [6.07, 6.45) is 4.63. The lowest BCUT2D eigenvalue weighted by Crippen LogP contribution is -2.38. The quantitative estimate of drug-likeness (QED) is 0.916. The minimum Gasteiger partial charge on any atom is -0.353 e. The van der Waals surface area contributed by atoms with Crippen molar-refractivity contribution in [1.29, 1.82) is 0 Å². The number of amides is 2. The number of halogens is 2. The van der Waals surface area contributed by atoms with Crippen LogP contribution in [0.25, 0.3) is 0 Å². The molecule has 118 valence electrons. The van der Waals surface area contributed by atoms with Crippen molar-refractivity contribution in [3.8, 4) is 0 Å². The monoisotopic (exact) mass is 340 g/mol. The van der Waals surface area contributed by atoms with Gasteiger partial charge in [0.25, 0.3) is 0 Å². The van der Waals surface area contributed by atoms with Crippen LogP contribution in [0.5, 0.6) is 0 Å². The van der Waals surface area contributed by atoms with E-state index in [0.29, 0.717) is 22.3 Å². The van der Waals surface area contributed by atoms with Crippen molar-refractivity contribution < 1.29 is 9.59 Å². The average molecular weight is 341 g/mol. The van der Waals surface area contributed by atoms with E-state index in [2.05, 4.69) is 5.32 Å². The highest BCUT2D eigenvalue weighted by Crippen LogP contribution is 2.35. The maximum absolute atomic E-state index is 12.3. The normalized spacial score (nSPS) is 22.4. The van der Waals surface area contributed by atoms with Crippen LogP contribution in [0.15, 0.2) is 18.2 Å². The molecule has 1 heterocycles. The molecule has 2 fully saturated rings. The van der Waals surface area contributed by atoms with Crippen molar-refractivity contribution in [2.45, 2.75) is 38.1 Å². The molecular formula is C16H18Cl2N2O2. The largest absolute Gasteiger partial charge is 0.353 e. The molecule has 4 nitrogen and oxygen atoms in total. The minimum atomic E-state index is -0.317. The summed E-state index contributed by atoms with van der Waals surface area (Å²) in [7, 11) is 0. The van der Waals surface area contributed by atoms with E-state index in [1.807, 2.05) is 0 Å². The molecule has 1 saturated carbocycles. The Morgan fingerprint density at radius 3 is 2.68 bits per heavy atom. The lowest BCUT2D eigenvalue weighted by molar-refractivity contribution is -0.126. The SMILES string of the molecule is O=C(NC1CCCC1)[C@@H]1CC(=O)N(c2cccc(Cl)c2Cl)C1. The van der Waals surface area contributed by atoms with Crippen LogP contribution < -0.4 is 10.2 Å². The predicted octanol–water partition coefficient (Wildman–Crippen LogP) is 3.41. The molecule has 1 aliphatic carbocycles. The first-order chi connectivity index (χ1) is 10.6. The zero-order valence-electron chi connectivity index (χ0n) is 12.1. The number of carbonyl (C=O) groups is 2. The van der Waals surface area contributed by atoms with Gasteiger partial charge in [-0.05, 0) is 25.0 Å². The minimum absolute atomic E-state index is 0.0269. The summed E-state index contributed by atoms with van der Waals surface area (Å²) in [6.45, 7) is 0.359. The molecule has 2 aliphatic rings. The Hall–Kier alpha value is -1.26. The maximum atomic E-state index is 12.3. The molecule has 0 radical (unpaired) electrons. The van der Waals surface area contributed by atoms with Crippen molar-refractivity contribution in [3.05, 3.63) is 28.2 Å². The summed E-state index contributed by atoms with van der Waals surface area (Å²) in [4.78, 5) is 26.1. The Morgan fingerprint density at radius 1 is 1.23 bits per heavy atom. The van der Waals surface area contributed by atoms with Crippen LogP contribution in [0.3, 0.4) is 0 Å². The van der Waals surface area contributed by atoms with Gasteiger partial charge in [0.05, 0.1) is 21.7 Å². The number of hydrogen-bond donors (Lipinski definition) is 1. The third-order valence-electron chi connectivity index (χ3n) is 4.42. The lowest BCUT2D eigenvalue weighted by Gasteiger charge is -2.19. The van der Waals surface area contributed by atoms with Gasteiger partial charge < -0.3 is 10.2 Å². The average Bonchev–Trinajstić information content (AvgIpc) is 3.12. The molecule has 3 rings (SSSR count).